The van der Waals surface area contributed by atoms with Gasteiger partial charge in [-0.05, 0) is 77.6 Å². The predicted octanol–water partition coefficient (Wildman–Crippen LogP) is 7.15. The van der Waals surface area contributed by atoms with Gasteiger partial charge in [-0.15, -0.1) is 0 Å². The van der Waals surface area contributed by atoms with Gasteiger partial charge < -0.3 is 10.1 Å². The van der Waals surface area contributed by atoms with Gasteiger partial charge in [0.15, 0.2) is 0 Å². The standard InChI is InChI=1S/C33H35ClN2O4S/c1-24-10-17-28(34)22-31(24)36(41(38,39)30-8-6-5-7-9-30)23-25-11-13-26(14-12-25)32(37)35-20-21-40-29-18-15-27(16-19-29)33(2,3)4/h5-19,22H,20-21,23H2,1-4H3,(H,35,37). The maximum Gasteiger partial charge on any atom is 0.264 e. The summed E-state index contributed by atoms with van der Waals surface area (Å²) in [5.74, 6) is 0.518. The Morgan fingerprint density at radius 1 is 0.902 bits per heavy atom. The lowest BCUT2D eigenvalue weighted by atomic mass is 9.87. The van der Waals surface area contributed by atoms with E-state index in [-0.39, 0.29) is 22.8 Å². The monoisotopic (exact) mass is 590 g/mol. The van der Waals surface area contributed by atoms with Crippen LogP contribution in [-0.2, 0) is 22.0 Å². The Morgan fingerprint density at radius 3 is 2.20 bits per heavy atom. The Morgan fingerprint density at radius 2 is 1.56 bits per heavy atom. The quantitative estimate of drug-likeness (QED) is 0.199. The van der Waals surface area contributed by atoms with Crippen molar-refractivity contribution in [2.45, 2.75) is 44.6 Å². The number of amides is 1. The van der Waals surface area contributed by atoms with Gasteiger partial charge in [0.2, 0.25) is 0 Å². The van der Waals surface area contributed by atoms with Gasteiger partial charge in [0.25, 0.3) is 15.9 Å². The zero-order chi connectivity index (χ0) is 29.6. The van der Waals surface area contributed by atoms with E-state index >= 15 is 0 Å². The minimum Gasteiger partial charge on any atom is -0.492 e. The van der Waals surface area contributed by atoms with Crippen LogP contribution in [0.15, 0.2) is 102 Å². The number of halogens is 1. The molecule has 0 aliphatic rings. The van der Waals surface area contributed by atoms with Crippen molar-refractivity contribution in [3.8, 4) is 5.75 Å². The highest BCUT2D eigenvalue weighted by atomic mass is 35.5. The molecule has 41 heavy (non-hydrogen) atoms. The molecule has 0 aliphatic heterocycles. The van der Waals surface area contributed by atoms with Gasteiger partial charge in [0.05, 0.1) is 23.7 Å². The fourth-order valence-corrected chi connectivity index (χ4v) is 5.98. The summed E-state index contributed by atoms with van der Waals surface area (Å²) < 4.78 is 34.5. The largest absolute Gasteiger partial charge is 0.492 e. The summed E-state index contributed by atoms with van der Waals surface area (Å²) in [5, 5.41) is 3.31. The third kappa shape index (κ3) is 7.69. The molecular weight excluding hydrogens is 556 g/mol. The molecule has 6 nitrogen and oxygen atoms in total. The molecule has 8 heteroatoms. The molecule has 0 aromatic heterocycles. The summed E-state index contributed by atoms with van der Waals surface area (Å²) in [6.07, 6.45) is 0. The molecule has 4 aromatic carbocycles. The molecule has 4 aromatic rings. The Hall–Kier alpha value is -3.81. The highest BCUT2D eigenvalue weighted by Crippen LogP contribution is 2.31. The number of carbonyl (C=O) groups excluding carboxylic acids is 1. The third-order valence-electron chi connectivity index (χ3n) is 6.69. The first-order valence-corrected chi connectivity index (χ1v) is 15.2. The number of hydrogen-bond donors (Lipinski definition) is 1. The van der Waals surface area contributed by atoms with E-state index in [1.54, 1.807) is 72.8 Å². The van der Waals surface area contributed by atoms with E-state index in [9.17, 15) is 13.2 Å². The highest BCUT2D eigenvalue weighted by Gasteiger charge is 2.26. The molecule has 0 fully saturated rings. The average molecular weight is 591 g/mol. The van der Waals surface area contributed by atoms with E-state index in [0.29, 0.717) is 29.4 Å². The zero-order valence-corrected chi connectivity index (χ0v) is 25.3. The Bertz CT molecular complexity index is 1580. The lowest BCUT2D eigenvalue weighted by Crippen LogP contribution is -2.31. The van der Waals surface area contributed by atoms with E-state index in [2.05, 4.69) is 38.2 Å². The molecular formula is C33H35ClN2O4S. The number of carbonyl (C=O) groups is 1. The summed E-state index contributed by atoms with van der Waals surface area (Å²) in [6.45, 7) is 9.08. The normalized spacial score (nSPS) is 11.6. The minimum absolute atomic E-state index is 0.0716. The molecule has 214 valence electrons. The van der Waals surface area contributed by atoms with Crippen LogP contribution in [-0.4, -0.2) is 27.5 Å². The summed E-state index contributed by atoms with van der Waals surface area (Å²) in [5.41, 5.74) is 3.77. The van der Waals surface area contributed by atoms with E-state index < -0.39 is 10.0 Å². The molecule has 0 saturated carbocycles. The van der Waals surface area contributed by atoms with Crippen LogP contribution < -0.4 is 14.4 Å². The van der Waals surface area contributed by atoms with Gasteiger partial charge in [0.1, 0.15) is 12.4 Å². The van der Waals surface area contributed by atoms with E-state index in [1.165, 1.54) is 9.87 Å². The van der Waals surface area contributed by atoms with Gasteiger partial charge >= 0.3 is 0 Å². The lowest BCUT2D eigenvalue weighted by Gasteiger charge is -2.26. The number of aryl methyl sites for hydroxylation is 1. The summed E-state index contributed by atoms with van der Waals surface area (Å²) in [4.78, 5) is 12.9. The van der Waals surface area contributed by atoms with Crippen molar-refractivity contribution in [1.82, 2.24) is 5.32 Å². The second-order valence-corrected chi connectivity index (χ2v) is 13.1. The zero-order valence-electron chi connectivity index (χ0n) is 23.7. The van der Waals surface area contributed by atoms with Crippen LogP contribution >= 0.6 is 11.6 Å². The first kappa shape index (κ1) is 30.2. The molecule has 0 saturated heterocycles. The second-order valence-electron chi connectivity index (χ2n) is 10.8. The number of hydrogen-bond acceptors (Lipinski definition) is 4. The molecule has 4 rings (SSSR count). The van der Waals surface area contributed by atoms with Crippen molar-refractivity contribution in [2.75, 3.05) is 17.5 Å². The van der Waals surface area contributed by atoms with Gasteiger partial charge in [0, 0.05) is 10.6 Å². The van der Waals surface area contributed by atoms with Crippen LogP contribution in [0.2, 0.25) is 5.02 Å². The van der Waals surface area contributed by atoms with E-state index in [4.69, 9.17) is 16.3 Å². The van der Waals surface area contributed by atoms with Crippen LogP contribution in [0.5, 0.6) is 5.75 Å². The summed E-state index contributed by atoms with van der Waals surface area (Å²) >= 11 is 6.25. The van der Waals surface area contributed by atoms with Crippen LogP contribution in [0.1, 0.15) is 47.8 Å². The maximum atomic E-state index is 13.7. The number of anilines is 1. The third-order valence-corrected chi connectivity index (χ3v) is 8.70. The number of nitrogens with one attached hydrogen (secondary N) is 1. The molecule has 0 atom stereocenters. The molecule has 0 unspecified atom stereocenters. The van der Waals surface area contributed by atoms with E-state index in [1.807, 2.05) is 19.1 Å². The van der Waals surface area contributed by atoms with Crippen LogP contribution in [0.4, 0.5) is 5.69 Å². The van der Waals surface area contributed by atoms with Gasteiger partial charge in [-0.3, -0.25) is 9.10 Å². The van der Waals surface area contributed by atoms with Crippen molar-refractivity contribution < 1.29 is 17.9 Å². The van der Waals surface area contributed by atoms with Gasteiger partial charge in [-0.2, -0.15) is 0 Å². The number of ether oxygens (including phenoxy) is 1. The number of nitrogens with zero attached hydrogens (tertiary/aromatic N) is 1. The summed E-state index contributed by atoms with van der Waals surface area (Å²) in [6, 6.07) is 28.3. The Kier molecular flexibility index (Phi) is 9.41. The predicted molar refractivity (Wildman–Crippen MR) is 165 cm³/mol. The molecule has 0 radical (unpaired) electrons. The minimum atomic E-state index is -3.88. The van der Waals surface area contributed by atoms with Crippen LogP contribution in [0, 0.1) is 6.92 Å². The molecule has 0 aliphatic carbocycles. The first-order valence-electron chi connectivity index (χ1n) is 13.4. The molecule has 0 heterocycles. The van der Waals surface area contributed by atoms with Gasteiger partial charge in [-0.1, -0.05) is 80.9 Å². The van der Waals surface area contributed by atoms with E-state index in [0.717, 1.165) is 16.9 Å². The van der Waals surface area contributed by atoms with Crippen LogP contribution in [0.3, 0.4) is 0 Å². The molecule has 1 amide bonds. The number of sulfonamides is 1. The van der Waals surface area contributed by atoms with Crippen molar-refractivity contribution in [3.05, 3.63) is 124 Å². The maximum absolute atomic E-state index is 13.7. The Balaban J connectivity index is 1.41. The lowest BCUT2D eigenvalue weighted by molar-refractivity contribution is 0.0947. The van der Waals surface area contributed by atoms with Crippen LogP contribution in [0.25, 0.3) is 0 Å². The van der Waals surface area contributed by atoms with Crippen molar-refractivity contribution >= 4 is 33.2 Å². The molecule has 1 N–H and O–H groups in total. The summed E-state index contributed by atoms with van der Waals surface area (Å²) in [7, 11) is -3.88. The fourth-order valence-electron chi connectivity index (χ4n) is 4.28. The van der Waals surface area contributed by atoms with Crippen molar-refractivity contribution in [3.63, 3.8) is 0 Å². The fraction of sp³-hybridized carbons (Fsp3) is 0.242. The second kappa shape index (κ2) is 12.8. The number of rotatable bonds is 10. The topological polar surface area (TPSA) is 75.7 Å². The number of benzene rings is 4. The van der Waals surface area contributed by atoms with Crippen molar-refractivity contribution in [2.24, 2.45) is 0 Å². The average Bonchev–Trinajstić information content (AvgIpc) is 2.96. The smallest absolute Gasteiger partial charge is 0.264 e. The van der Waals surface area contributed by atoms with Crippen molar-refractivity contribution in [1.29, 1.82) is 0 Å². The Labute approximate surface area is 248 Å². The molecule has 0 bridgehead atoms. The molecule has 0 spiro atoms. The van der Waals surface area contributed by atoms with Gasteiger partial charge in [-0.25, -0.2) is 8.42 Å². The SMILES string of the molecule is Cc1ccc(Cl)cc1N(Cc1ccc(C(=O)NCCOc2ccc(C(C)(C)C)cc2)cc1)S(=O)(=O)c1ccccc1. The highest BCUT2D eigenvalue weighted by molar-refractivity contribution is 7.92. The first-order chi connectivity index (χ1) is 19.4.